The van der Waals surface area contributed by atoms with E-state index in [0.717, 1.165) is 5.56 Å². The van der Waals surface area contributed by atoms with Gasteiger partial charge in [0.15, 0.2) is 6.29 Å². The number of benzene rings is 1. The van der Waals surface area contributed by atoms with Crippen molar-refractivity contribution in [2.75, 3.05) is 0 Å². The number of nitriles is 1. The topological polar surface area (TPSA) is 62.5 Å². The fourth-order valence-electron chi connectivity index (χ4n) is 0.874. The number of carbonyl (C=O) groups excluding carboxylic acids is 1. The van der Waals surface area contributed by atoms with Crippen molar-refractivity contribution < 1.29 is 9.63 Å². The van der Waals surface area contributed by atoms with Crippen LogP contribution in [0.3, 0.4) is 0 Å². The number of nitrogens with zero attached hydrogens (tertiary/aromatic N) is 2. The quantitative estimate of drug-likeness (QED) is 0.473. The standard InChI is InChI=1S/C10H6Cl2N2O2/c11-9-2-1-7(3-10(9)12)6-16-14-8(4-13)5-15/h1-3,5H,6H2/b14-8-. The van der Waals surface area contributed by atoms with Crippen LogP contribution in [0.2, 0.25) is 10.0 Å². The molecule has 0 aromatic heterocycles. The maximum Gasteiger partial charge on any atom is 0.219 e. The summed E-state index contributed by atoms with van der Waals surface area (Å²) in [4.78, 5) is 15.0. The van der Waals surface area contributed by atoms with Crippen LogP contribution in [0.1, 0.15) is 5.56 Å². The van der Waals surface area contributed by atoms with Crippen molar-refractivity contribution in [3.63, 3.8) is 0 Å². The number of oxime groups is 1. The van der Waals surface area contributed by atoms with E-state index in [0.29, 0.717) is 16.3 Å². The Hall–Kier alpha value is -1.57. The molecular formula is C10H6Cl2N2O2. The molecule has 1 aromatic carbocycles. The fraction of sp³-hybridized carbons (Fsp3) is 0.100. The van der Waals surface area contributed by atoms with Gasteiger partial charge in [-0.3, -0.25) is 4.79 Å². The summed E-state index contributed by atoms with van der Waals surface area (Å²) in [5.41, 5.74) is 0.418. The Balaban J connectivity index is 2.62. The Labute approximate surface area is 102 Å². The summed E-state index contributed by atoms with van der Waals surface area (Å²) in [6.07, 6.45) is 0.314. The molecule has 4 nitrogen and oxygen atoms in total. The SMILES string of the molecule is N#C/C(C=O)=N/OCc1ccc(Cl)c(Cl)c1. The summed E-state index contributed by atoms with van der Waals surface area (Å²) in [5, 5.41) is 12.5. The molecule has 0 aliphatic heterocycles. The number of hydrogen-bond donors (Lipinski definition) is 0. The molecule has 0 amide bonds. The van der Waals surface area contributed by atoms with Crippen LogP contribution in [-0.2, 0) is 16.2 Å². The summed E-state index contributed by atoms with van der Waals surface area (Å²) in [7, 11) is 0. The van der Waals surface area contributed by atoms with E-state index in [1.807, 2.05) is 0 Å². The smallest absolute Gasteiger partial charge is 0.219 e. The lowest BCUT2D eigenvalue weighted by molar-refractivity contribution is -0.102. The first-order valence-corrected chi connectivity index (χ1v) is 4.92. The van der Waals surface area contributed by atoms with Gasteiger partial charge >= 0.3 is 0 Å². The summed E-state index contributed by atoms with van der Waals surface area (Å²) in [6.45, 7) is 0.107. The van der Waals surface area contributed by atoms with Gasteiger partial charge in [0.2, 0.25) is 5.71 Å². The molecule has 0 N–H and O–H groups in total. The molecule has 0 fully saturated rings. The average molecular weight is 257 g/mol. The first kappa shape index (κ1) is 12.5. The van der Waals surface area contributed by atoms with Gasteiger partial charge < -0.3 is 4.84 Å². The minimum atomic E-state index is -0.319. The third-order valence-corrected chi connectivity index (χ3v) is 2.34. The molecule has 0 spiro atoms. The molecule has 0 bridgehead atoms. The van der Waals surface area contributed by atoms with Crippen LogP contribution in [0.5, 0.6) is 0 Å². The van der Waals surface area contributed by atoms with Gasteiger partial charge in [-0.1, -0.05) is 34.4 Å². The number of halogens is 2. The molecule has 6 heteroatoms. The van der Waals surface area contributed by atoms with Gasteiger partial charge in [-0.15, -0.1) is 0 Å². The average Bonchev–Trinajstić information content (AvgIpc) is 2.29. The molecule has 0 heterocycles. The highest BCUT2D eigenvalue weighted by molar-refractivity contribution is 6.42. The molecule has 0 saturated heterocycles. The summed E-state index contributed by atoms with van der Waals surface area (Å²) in [6, 6.07) is 6.51. The van der Waals surface area contributed by atoms with Gasteiger partial charge in [0.05, 0.1) is 10.0 Å². The molecule has 0 atom stereocenters. The summed E-state index contributed by atoms with van der Waals surface area (Å²) < 4.78 is 0. The molecule has 0 radical (unpaired) electrons. The molecule has 0 aliphatic carbocycles. The Kier molecular flexibility index (Phi) is 4.77. The molecular weight excluding hydrogens is 251 g/mol. The molecule has 1 aromatic rings. The van der Waals surface area contributed by atoms with Gasteiger partial charge in [0.1, 0.15) is 12.7 Å². The van der Waals surface area contributed by atoms with Gasteiger partial charge in [-0.05, 0) is 17.7 Å². The Bertz CT molecular complexity index is 466. The van der Waals surface area contributed by atoms with E-state index in [1.54, 1.807) is 24.3 Å². The van der Waals surface area contributed by atoms with Crippen LogP contribution in [-0.4, -0.2) is 12.0 Å². The third-order valence-electron chi connectivity index (χ3n) is 1.60. The minimum absolute atomic E-state index is 0.107. The maximum absolute atomic E-state index is 10.2. The fourth-order valence-corrected chi connectivity index (χ4v) is 1.19. The van der Waals surface area contributed by atoms with Crippen LogP contribution in [0, 0.1) is 11.3 Å². The van der Waals surface area contributed by atoms with Crippen LogP contribution >= 0.6 is 23.2 Å². The predicted octanol–water partition coefficient (Wildman–Crippen LogP) is 2.59. The van der Waals surface area contributed by atoms with Crippen LogP contribution in [0.25, 0.3) is 0 Å². The van der Waals surface area contributed by atoms with Crippen molar-refractivity contribution in [3.8, 4) is 6.07 Å². The van der Waals surface area contributed by atoms with Crippen molar-refractivity contribution >= 4 is 35.2 Å². The van der Waals surface area contributed by atoms with E-state index in [1.165, 1.54) is 0 Å². The predicted molar refractivity (Wildman–Crippen MR) is 60.4 cm³/mol. The number of carbonyl (C=O) groups is 1. The molecule has 0 saturated carbocycles. The van der Waals surface area contributed by atoms with E-state index in [9.17, 15) is 4.79 Å². The van der Waals surface area contributed by atoms with Crippen LogP contribution in [0.4, 0.5) is 0 Å². The number of hydrogen-bond acceptors (Lipinski definition) is 4. The largest absolute Gasteiger partial charge is 0.390 e. The summed E-state index contributed by atoms with van der Waals surface area (Å²) in [5.74, 6) is 0. The second-order valence-corrected chi connectivity index (χ2v) is 3.54. The van der Waals surface area contributed by atoms with E-state index in [4.69, 9.17) is 33.3 Å². The lowest BCUT2D eigenvalue weighted by atomic mass is 10.2. The lowest BCUT2D eigenvalue weighted by Gasteiger charge is -2.01. The van der Waals surface area contributed by atoms with Crippen molar-refractivity contribution in [2.24, 2.45) is 5.16 Å². The normalized spacial score (nSPS) is 10.7. The van der Waals surface area contributed by atoms with Crippen molar-refractivity contribution in [2.45, 2.75) is 6.61 Å². The Morgan fingerprint density at radius 1 is 1.50 bits per heavy atom. The zero-order valence-electron chi connectivity index (χ0n) is 7.98. The minimum Gasteiger partial charge on any atom is -0.390 e. The second kappa shape index (κ2) is 6.11. The third kappa shape index (κ3) is 3.54. The molecule has 1 rings (SSSR count). The van der Waals surface area contributed by atoms with Gasteiger partial charge in [0.25, 0.3) is 0 Å². The first-order chi connectivity index (χ1) is 7.67. The number of aldehydes is 1. The highest BCUT2D eigenvalue weighted by atomic mass is 35.5. The van der Waals surface area contributed by atoms with Crippen molar-refractivity contribution in [3.05, 3.63) is 33.8 Å². The van der Waals surface area contributed by atoms with Crippen LogP contribution < -0.4 is 0 Å². The highest BCUT2D eigenvalue weighted by Gasteiger charge is 2.00. The van der Waals surface area contributed by atoms with Gasteiger partial charge in [-0.2, -0.15) is 5.26 Å². The molecule has 0 aliphatic rings. The molecule has 82 valence electrons. The number of rotatable bonds is 4. The second-order valence-electron chi connectivity index (χ2n) is 2.73. The molecule has 0 unspecified atom stereocenters. The zero-order valence-corrected chi connectivity index (χ0v) is 9.50. The Morgan fingerprint density at radius 3 is 2.81 bits per heavy atom. The van der Waals surface area contributed by atoms with Gasteiger partial charge in [-0.25, -0.2) is 0 Å². The van der Waals surface area contributed by atoms with E-state index >= 15 is 0 Å². The maximum atomic E-state index is 10.2. The van der Waals surface area contributed by atoms with E-state index < -0.39 is 0 Å². The van der Waals surface area contributed by atoms with Crippen LogP contribution in [0.15, 0.2) is 23.4 Å². The van der Waals surface area contributed by atoms with Crippen molar-refractivity contribution in [1.29, 1.82) is 5.26 Å². The molecule has 16 heavy (non-hydrogen) atoms. The van der Waals surface area contributed by atoms with Gasteiger partial charge in [0, 0.05) is 0 Å². The highest BCUT2D eigenvalue weighted by Crippen LogP contribution is 2.22. The van der Waals surface area contributed by atoms with E-state index in [-0.39, 0.29) is 12.3 Å². The summed E-state index contributed by atoms with van der Waals surface area (Å²) >= 11 is 11.5. The monoisotopic (exact) mass is 256 g/mol. The zero-order chi connectivity index (χ0) is 12.0. The van der Waals surface area contributed by atoms with E-state index in [2.05, 4.69) is 5.16 Å². The lowest BCUT2D eigenvalue weighted by Crippen LogP contribution is -1.97. The van der Waals surface area contributed by atoms with Crippen molar-refractivity contribution in [1.82, 2.24) is 0 Å². The first-order valence-electron chi connectivity index (χ1n) is 4.16. The Morgan fingerprint density at radius 2 is 2.25 bits per heavy atom.